The van der Waals surface area contributed by atoms with E-state index in [4.69, 9.17) is 51.6 Å². The Labute approximate surface area is 228 Å². The Bertz CT molecular complexity index is 1230. The molecule has 12 heteroatoms. The molecule has 1 atom stereocenters. The van der Waals surface area contributed by atoms with Gasteiger partial charge in [-0.25, -0.2) is 19.0 Å². The summed E-state index contributed by atoms with van der Waals surface area (Å²) in [4.78, 5) is 28.3. The zero-order chi connectivity index (χ0) is 27.5. The van der Waals surface area contributed by atoms with Crippen molar-refractivity contribution in [3.05, 3.63) is 76.2 Å². The van der Waals surface area contributed by atoms with Gasteiger partial charge in [0, 0.05) is 6.07 Å². The molecule has 0 aliphatic rings. The molecule has 9 nitrogen and oxygen atoms in total. The van der Waals surface area contributed by atoms with Crippen molar-refractivity contribution in [3.8, 4) is 23.1 Å². The molecular weight excluding hydrogens is 544 g/mol. The molecule has 0 spiro atoms. The van der Waals surface area contributed by atoms with E-state index in [9.17, 15) is 14.0 Å². The topological polar surface area (TPSA) is 102 Å². The Morgan fingerprint density at radius 1 is 0.895 bits per heavy atom. The highest BCUT2D eigenvalue weighted by atomic mass is 35.5. The molecule has 0 saturated carbocycles. The van der Waals surface area contributed by atoms with Crippen LogP contribution in [0.3, 0.4) is 0 Å². The quantitative estimate of drug-likeness (QED) is 0.195. The molecule has 0 amide bonds. The van der Waals surface area contributed by atoms with Gasteiger partial charge in [0.2, 0.25) is 5.88 Å². The molecule has 2 aromatic carbocycles. The first kappa shape index (κ1) is 29.0. The minimum Gasteiger partial charge on any atom is -0.494 e. The van der Waals surface area contributed by atoms with Crippen LogP contribution in [0.25, 0.3) is 0 Å². The van der Waals surface area contributed by atoms with Crippen molar-refractivity contribution in [1.29, 1.82) is 0 Å². The van der Waals surface area contributed by atoms with E-state index in [1.165, 1.54) is 31.4 Å². The van der Waals surface area contributed by atoms with Crippen molar-refractivity contribution < 1.29 is 42.4 Å². The van der Waals surface area contributed by atoms with E-state index < -0.39 is 23.9 Å². The Hall–Kier alpha value is -3.60. The van der Waals surface area contributed by atoms with Crippen molar-refractivity contribution in [2.24, 2.45) is 0 Å². The van der Waals surface area contributed by atoms with Gasteiger partial charge in [-0.15, -0.1) is 0 Å². The summed E-state index contributed by atoms with van der Waals surface area (Å²) < 4.78 is 44.7. The fraction of sp³-hybridized carbons (Fsp3) is 0.269. The third-order valence-electron chi connectivity index (χ3n) is 4.79. The molecule has 0 saturated heterocycles. The van der Waals surface area contributed by atoms with Gasteiger partial charge in [0.05, 0.1) is 36.6 Å². The molecule has 0 bridgehead atoms. The molecule has 0 N–H and O–H groups in total. The predicted molar refractivity (Wildman–Crippen MR) is 136 cm³/mol. The van der Waals surface area contributed by atoms with Crippen molar-refractivity contribution >= 4 is 35.1 Å². The number of carbonyl (C=O) groups is 2. The van der Waals surface area contributed by atoms with Gasteiger partial charge in [0.1, 0.15) is 36.1 Å². The maximum Gasteiger partial charge on any atom is 0.347 e. The summed E-state index contributed by atoms with van der Waals surface area (Å²) in [6.07, 6.45) is 0.176. The van der Waals surface area contributed by atoms with Crippen LogP contribution in [0.5, 0.6) is 23.1 Å². The summed E-state index contributed by atoms with van der Waals surface area (Å²) in [5.41, 5.74) is 0.0247. The van der Waals surface area contributed by atoms with Crippen molar-refractivity contribution in [3.63, 3.8) is 0 Å². The molecule has 1 unspecified atom stereocenters. The second-order valence-corrected chi connectivity index (χ2v) is 8.32. The van der Waals surface area contributed by atoms with Crippen LogP contribution >= 0.6 is 23.2 Å². The Morgan fingerprint density at radius 3 is 2.21 bits per heavy atom. The van der Waals surface area contributed by atoms with Gasteiger partial charge in [-0.1, -0.05) is 23.2 Å². The average Bonchev–Trinajstić information content (AvgIpc) is 2.91. The number of esters is 2. The molecule has 1 heterocycles. The molecular formula is C26H24Cl2FNO8. The van der Waals surface area contributed by atoms with Gasteiger partial charge in [-0.2, -0.15) is 0 Å². The summed E-state index contributed by atoms with van der Waals surface area (Å²) in [7, 11) is 1.37. The SMILES string of the molecule is COc1c(Cl)ccc(Cl)c1C(=O)OCCOCCOC(=O)C(C)Oc1ccc(Oc2ccc(F)cn2)cc1. The van der Waals surface area contributed by atoms with Gasteiger partial charge >= 0.3 is 11.9 Å². The van der Waals surface area contributed by atoms with Crippen LogP contribution in [0.1, 0.15) is 17.3 Å². The molecule has 202 valence electrons. The highest BCUT2D eigenvalue weighted by molar-refractivity contribution is 6.37. The largest absolute Gasteiger partial charge is 0.494 e. The maximum atomic E-state index is 12.9. The number of halogens is 3. The number of hydrogen-bond acceptors (Lipinski definition) is 9. The highest BCUT2D eigenvalue weighted by Crippen LogP contribution is 2.34. The van der Waals surface area contributed by atoms with Crippen molar-refractivity contribution in [1.82, 2.24) is 4.98 Å². The molecule has 0 radical (unpaired) electrons. The third-order valence-corrected chi connectivity index (χ3v) is 5.40. The number of hydrogen-bond donors (Lipinski definition) is 0. The number of rotatable bonds is 13. The van der Waals surface area contributed by atoms with Gasteiger partial charge in [-0.3, -0.25) is 0 Å². The van der Waals surface area contributed by atoms with Crippen LogP contribution in [0, 0.1) is 5.82 Å². The lowest BCUT2D eigenvalue weighted by Gasteiger charge is -2.14. The molecule has 3 rings (SSSR count). The zero-order valence-electron chi connectivity index (χ0n) is 20.4. The smallest absolute Gasteiger partial charge is 0.347 e. The van der Waals surface area contributed by atoms with Crippen LogP contribution in [0.2, 0.25) is 10.0 Å². The first-order chi connectivity index (χ1) is 18.3. The second-order valence-electron chi connectivity index (χ2n) is 7.50. The van der Waals surface area contributed by atoms with E-state index in [1.54, 1.807) is 31.2 Å². The average molecular weight is 568 g/mol. The summed E-state index contributed by atoms with van der Waals surface area (Å²) >= 11 is 12.1. The van der Waals surface area contributed by atoms with Crippen LogP contribution in [-0.2, 0) is 19.0 Å². The first-order valence-electron chi connectivity index (χ1n) is 11.3. The second kappa shape index (κ2) is 14.4. The van der Waals surface area contributed by atoms with E-state index in [-0.39, 0.29) is 53.7 Å². The number of benzene rings is 2. The number of aromatic nitrogens is 1. The lowest BCUT2D eigenvalue weighted by atomic mass is 10.2. The lowest BCUT2D eigenvalue weighted by molar-refractivity contribution is -0.152. The molecule has 1 aromatic heterocycles. The standard InChI is InChI=1S/C26H24Cl2FNO8/c1-16(37-18-4-6-19(7-5-18)38-22-10-3-17(29)15-30-22)25(31)35-13-11-34-12-14-36-26(32)23-20(27)8-9-21(28)24(23)33-2/h3-10,15-16H,11-14H2,1-2H3. The van der Waals surface area contributed by atoms with Crippen molar-refractivity contribution in [2.75, 3.05) is 33.5 Å². The third kappa shape index (κ3) is 8.47. The highest BCUT2D eigenvalue weighted by Gasteiger charge is 2.21. The summed E-state index contributed by atoms with van der Waals surface area (Å²) in [6, 6.07) is 12.1. The molecule has 0 fully saturated rings. The van der Waals surface area contributed by atoms with E-state index in [0.717, 1.165) is 6.20 Å². The fourth-order valence-electron chi connectivity index (χ4n) is 2.99. The number of nitrogens with zero attached hydrogens (tertiary/aromatic N) is 1. The maximum absolute atomic E-state index is 12.9. The Kier molecular flexibility index (Phi) is 11.0. The first-order valence-corrected chi connectivity index (χ1v) is 12.0. The number of pyridine rings is 1. The number of methoxy groups -OCH3 is 1. The minimum atomic E-state index is -0.876. The van der Waals surface area contributed by atoms with Crippen LogP contribution in [-0.4, -0.2) is 56.6 Å². The predicted octanol–water partition coefficient (Wildman–Crippen LogP) is 5.51. The summed E-state index contributed by atoms with van der Waals surface area (Å²) in [6.45, 7) is 1.62. The zero-order valence-corrected chi connectivity index (χ0v) is 22.0. The van der Waals surface area contributed by atoms with E-state index >= 15 is 0 Å². The van der Waals surface area contributed by atoms with Crippen molar-refractivity contribution in [2.45, 2.75) is 13.0 Å². The number of ether oxygens (including phenoxy) is 6. The van der Waals surface area contributed by atoms with Gasteiger partial charge in [-0.05, 0) is 49.4 Å². The van der Waals surface area contributed by atoms with E-state index in [0.29, 0.717) is 11.5 Å². The van der Waals surface area contributed by atoms with E-state index in [2.05, 4.69) is 4.98 Å². The van der Waals surface area contributed by atoms with Crippen LogP contribution in [0.15, 0.2) is 54.7 Å². The van der Waals surface area contributed by atoms with Gasteiger partial charge in [0.25, 0.3) is 0 Å². The Balaban J connectivity index is 1.32. The van der Waals surface area contributed by atoms with Gasteiger partial charge in [0.15, 0.2) is 11.9 Å². The number of carbonyl (C=O) groups excluding carboxylic acids is 2. The summed E-state index contributed by atoms with van der Waals surface area (Å²) in [5, 5.41) is 0.373. The van der Waals surface area contributed by atoms with E-state index in [1.807, 2.05) is 0 Å². The monoisotopic (exact) mass is 567 g/mol. The van der Waals surface area contributed by atoms with Crippen LogP contribution in [0.4, 0.5) is 4.39 Å². The molecule has 38 heavy (non-hydrogen) atoms. The Morgan fingerprint density at radius 2 is 1.55 bits per heavy atom. The molecule has 0 aliphatic heterocycles. The minimum absolute atomic E-state index is 0.0220. The fourth-order valence-corrected chi connectivity index (χ4v) is 3.45. The molecule has 0 aliphatic carbocycles. The normalized spacial score (nSPS) is 11.4. The molecule has 3 aromatic rings. The van der Waals surface area contributed by atoms with Crippen LogP contribution < -0.4 is 14.2 Å². The lowest BCUT2D eigenvalue weighted by Crippen LogP contribution is -2.27. The summed E-state index contributed by atoms with van der Waals surface area (Å²) in [5.74, 6) is -0.507. The van der Waals surface area contributed by atoms with Gasteiger partial charge < -0.3 is 28.4 Å².